The molecule has 0 amide bonds. The Kier molecular flexibility index (Phi) is 6.37. The van der Waals surface area contributed by atoms with E-state index < -0.39 is 4.44 Å². The lowest BCUT2D eigenvalue weighted by molar-refractivity contribution is 1.41. The van der Waals surface area contributed by atoms with Crippen molar-refractivity contribution in [2.24, 2.45) is 0 Å². The van der Waals surface area contributed by atoms with Crippen LogP contribution >= 0.6 is 27.2 Å². The Bertz CT molecular complexity index is 314. The molecule has 0 nitrogen and oxygen atoms in total. The first-order chi connectivity index (χ1) is 7.20. The normalized spacial score (nSPS) is 11.6. The molecule has 0 unspecified atom stereocenters. The highest BCUT2D eigenvalue weighted by Gasteiger charge is 2.16. The average Bonchev–Trinajstić information content (AvgIpc) is 2.19. The monoisotopic (exact) mass is 276 g/mol. The van der Waals surface area contributed by atoms with Crippen molar-refractivity contribution in [1.82, 2.24) is 0 Å². The Morgan fingerprint density at radius 3 is 2.07 bits per heavy atom. The molecule has 0 bridgehead atoms. The molecule has 0 aromatic heterocycles. The van der Waals surface area contributed by atoms with Crippen LogP contribution in [0.1, 0.15) is 19.4 Å². The van der Waals surface area contributed by atoms with Crippen molar-refractivity contribution in [1.29, 1.82) is 0 Å². The lowest BCUT2D eigenvalue weighted by Gasteiger charge is -2.19. The van der Waals surface area contributed by atoms with E-state index in [0.29, 0.717) is 0 Å². The molecular formula is C11H17PS3. The fourth-order valence-corrected chi connectivity index (χ4v) is 12.0. The molecule has 15 heavy (non-hydrogen) atoms. The second-order valence-electron chi connectivity index (χ2n) is 3.09. The lowest BCUT2D eigenvalue weighted by atomic mass is 10.2. The summed E-state index contributed by atoms with van der Waals surface area (Å²) in [5.74, 6) is 2.27. The maximum absolute atomic E-state index is 5.82. The number of hydrogen-bond donors (Lipinski definition) is 0. The highest BCUT2D eigenvalue weighted by Crippen LogP contribution is 2.71. The van der Waals surface area contributed by atoms with E-state index in [4.69, 9.17) is 11.8 Å². The summed E-state index contributed by atoms with van der Waals surface area (Å²) in [4.78, 5) is 0. The minimum atomic E-state index is -1.27. The number of hydrogen-bond acceptors (Lipinski definition) is 3. The molecule has 0 aliphatic rings. The molecule has 1 aromatic rings. The van der Waals surface area contributed by atoms with Gasteiger partial charge in [-0.15, -0.1) is 22.8 Å². The first-order valence-electron chi connectivity index (χ1n) is 5.12. The molecule has 1 aromatic carbocycles. The van der Waals surface area contributed by atoms with Gasteiger partial charge in [-0.05, 0) is 17.1 Å². The third kappa shape index (κ3) is 4.95. The minimum absolute atomic E-state index is 1.08. The summed E-state index contributed by atoms with van der Waals surface area (Å²) in [6, 6.07) is 10.6. The SMILES string of the molecule is CCSP(=S)(Cc1ccccc1)SCC. The Morgan fingerprint density at radius 2 is 1.60 bits per heavy atom. The summed E-state index contributed by atoms with van der Waals surface area (Å²) in [5.41, 5.74) is 1.39. The highest BCUT2D eigenvalue weighted by atomic mass is 33.2. The quantitative estimate of drug-likeness (QED) is 0.671. The summed E-state index contributed by atoms with van der Waals surface area (Å²) in [6.45, 7) is 4.40. The van der Waals surface area contributed by atoms with E-state index in [9.17, 15) is 0 Å². The van der Waals surface area contributed by atoms with E-state index in [1.165, 1.54) is 5.56 Å². The van der Waals surface area contributed by atoms with Gasteiger partial charge in [-0.2, -0.15) is 0 Å². The van der Waals surface area contributed by atoms with Crippen LogP contribution in [0.3, 0.4) is 0 Å². The van der Waals surface area contributed by atoms with E-state index in [-0.39, 0.29) is 0 Å². The van der Waals surface area contributed by atoms with Gasteiger partial charge in [-0.1, -0.05) is 56.0 Å². The molecule has 0 fully saturated rings. The molecule has 0 aliphatic heterocycles. The summed E-state index contributed by atoms with van der Waals surface area (Å²) >= 11 is 9.79. The van der Waals surface area contributed by atoms with E-state index in [1.54, 1.807) is 0 Å². The van der Waals surface area contributed by atoms with Crippen molar-refractivity contribution < 1.29 is 0 Å². The van der Waals surface area contributed by atoms with Crippen LogP contribution in [0.15, 0.2) is 30.3 Å². The van der Waals surface area contributed by atoms with E-state index in [2.05, 4.69) is 44.2 Å². The maximum atomic E-state index is 5.82. The largest absolute Gasteiger partial charge is 0.114 e. The van der Waals surface area contributed by atoms with Crippen molar-refractivity contribution in [3.05, 3.63) is 35.9 Å². The molecule has 0 saturated carbocycles. The van der Waals surface area contributed by atoms with Crippen LogP contribution in [0.25, 0.3) is 0 Å². The molecule has 0 N–H and O–H groups in total. The van der Waals surface area contributed by atoms with Crippen molar-refractivity contribution in [2.45, 2.75) is 20.0 Å². The smallest absolute Gasteiger partial charge is 0.0614 e. The van der Waals surface area contributed by atoms with Crippen LogP contribution in [-0.4, -0.2) is 11.5 Å². The van der Waals surface area contributed by atoms with E-state index in [1.807, 2.05) is 22.8 Å². The van der Waals surface area contributed by atoms with Crippen molar-refractivity contribution in [2.75, 3.05) is 11.5 Å². The molecule has 84 valence electrons. The zero-order chi connectivity index (χ0) is 11.1. The average molecular weight is 276 g/mol. The number of rotatable bonds is 6. The third-order valence-corrected chi connectivity index (χ3v) is 12.8. The van der Waals surface area contributed by atoms with Crippen LogP contribution in [0.2, 0.25) is 0 Å². The van der Waals surface area contributed by atoms with Gasteiger partial charge in [-0.25, -0.2) is 0 Å². The molecule has 0 heterocycles. The predicted octanol–water partition coefficient (Wildman–Crippen LogP) is 5.00. The van der Waals surface area contributed by atoms with Crippen LogP contribution in [0, 0.1) is 0 Å². The Morgan fingerprint density at radius 1 is 1.07 bits per heavy atom. The Hall–Kier alpha value is 0.570. The second kappa shape index (κ2) is 7.01. The predicted molar refractivity (Wildman–Crippen MR) is 80.7 cm³/mol. The van der Waals surface area contributed by atoms with Crippen molar-refractivity contribution in [3.8, 4) is 0 Å². The Labute approximate surface area is 106 Å². The van der Waals surface area contributed by atoms with Crippen LogP contribution in [0.5, 0.6) is 0 Å². The van der Waals surface area contributed by atoms with Crippen LogP contribution < -0.4 is 0 Å². The summed E-state index contributed by atoms with van der Waals surface area (Å²) in [6.07, 6.45) is 1.08. The topological polar surface area (TPSA) is 0 Å². The van der Waals surface area contributed by atoms with Gasteiger partial charge < -0.3 is 0 Å². The van der Waals surface area contributed by atoms with Crippen LogP contribution in [0.4, 0.5) is 0 Å². The second-order valence-corrected chi connectivity index (χ2v) is 15.5. The minimum Gasteiger partial charge on any atom is -0.114 e. The third-order valence-electron chi connectivity index (χ3n) is 1.87. The molecule has 0 aliphatic carbocycles. The number of benzene rings is 1. The van der Waals surface area contributed by atoms with E-state index >= 15 is 0 Å². The summed E-state index contributed by atoms with van der Waals surface area (Å²) < 4.78 is -1.27. The van der Waals surface area contributed by atoms with Crippen LogP contribution in [-0.2, 0) is 18.0 Å². The molecule has 0 radical (unpaired) electrons. The molecule has 0 atom stereocenters. The van der Waals surface area contributed by atoms with Gasteiger partial charge >= 0.3 is 0 Å². The maximum Gasteiger partial charge on any atom is 0.0614 e. The first kappa shape index (κ1) is 13.6. The van der Waals surface area contributed by atoms with Gasteiger partial charge in [0.25, 0.3) is 0 Å². The summed E-state index contributed by atoms with van der Waals surface area (Å²) in [7, 11) is 0. The molecule has 1 rings (SSSR count). The standard InChI is InChI=1S/C11H17PS3/c1-3-14-12(13,15-4-2)10-11-8-6-5-7-9-11/h5-9H,3-4,10H2,1-2H3. The van der Waals surface area contributed by atoms with Gasteiger partial charge in [0.15, 0.2) is 0 Å². The Balaban J connectivity index is 2.71. The fraction of sp³-hybridized carbons (Fsp3) is 0.455. The van der Waals surface area contributed by atoms with Gasteiger partial charge in [0.1, 0.15) is 0 Å². The fourth-order valence-electron chi connectivity index (χ4n) is 1.33. The summed E-state index contributed by atoms with van der Waals surface area (Å²) in [5, 5.41) is 0. The van der Waals surface area contributed by atoms with Crippen molar-refractivity contribution >= 4 is 39.0 Å². The van der Waals surface area contributed by atoms with Crippen molar-refractivity contribution in [3.63, 3.8) is 0 Å². The highest BCUT2D eigenvalue weighted by molar-refractivity contribution is 9.00. The van der Waals surface area contributed by atoms with Gasteiger partial charge in [0, 0.05) is 6.16 Å². The zero-order valence-corrected chi connectivity index (χ0v) is 12.5. The first-order valence-corrected chi connectivity index (χ1v) is 11.3. The molecule has 0 saturated heterocycles. The molecular weight excluding hydrogens is 259 g/mol. The van der Waals surface area contributed by atoms with Gasteiger partial charge in [0.2, 0.25) is 0 Å². The van der Waals surface area contributed by atoms with Gasteiger partial charge in [-0.3, -0.25) is 0 Å². The van der Waals surface area contributed by atoms with Gasteiger partial charge in [0.05, 0.1) is 4.44 Å². The lowest BCUT2D eigenvalue weighted by Crippen LogP contribution is -1.83. The molecule has 4 heteroatoms. The molecule has 0 spiro atoms. The zero-order valence-electron chi connectivity index (χ0n) is 9.18. The van der Waals surface area contributed by atoms with E-state index in [0.717, 1.165) is 17.7 Å².